The van der Waals surface area contributed by atoms with Gasteiger partial charge in [0, 0.05) is 13.1 Å². The fourth-order valence-electron chi connectivity index (χ4n) is 4.26. The summed E-state index contributed by atoms with van der Waals surface area (Å²) in [6.45, 7) is 3.69. The first kappa shape index (κ1) is 17.9. The van der Waals surface area contributed by atoms with Crippen molar-refractivity contribution in [1.82, 2.24) is 4.90 Å². The van der Waals surface area contributed by atoms with Gasteiger partial charge in [-0.05, 0) is 43.1 Å². The summed E-state index contributed by atoms with van der Waals surface area (Å²) < 4.78 is 5.41. The molecule has 25 heavy (non-hydrogen) atoms. The molecule has 2 aliphatic rings. The van der Waals surface area contributed by atoms with Crippen molar-refractivity contribution in [1.29, 1.82) is 0 Å². The van der Waals surface area contributed by atoms with Crippen LogP contribution in [-0.2, 0) is 11.3 Å². The number of rotatable bonds is 4. The maximum absolute atomic E-state index is 12.3. The minimum atomic E-state index is -0.476. The van der Waals surface area contributed by atoms with E-state index in [0.717, 1.165) is 24.3 Å². The SMILES string of the molecule is CC1CCC(C2(N=O)CCN(C(=O)OCc3ccccc3)CC2)CC1. The number of ether oxygens (including phenoxy) is 1. The van der Waals surface area contributed by atoms with E-state index in [1.165, 1.54) is 12.8 Å². The molecule has 136 valence electrons. The van der Waals surface area contributed by atoms with Crippen molar-refractivity contribution in [2.75, 3.05) is 13.1 Å². The fourth-order valence-corrected chi connectivity index (χ4v) is 4.26. The van der Waals surface area contributed by atoms with Crippen LogP contribution in [0, 0.1) is 16.7 Å². The third-order valence-electron chi connectivity index (χ3n) is 6.05. The Hall–Kier alpha value is -1.91. The lowest BCUT2D eigenvalue weighted by Crippen LogP contribution is -2.50. The highest BCUT2D eigenvalue weighted by Gasteiger charge is 2.44. The van der Waals surface area contributed by atoms with E-state index < -0.39 is 5.54 Å². The molecule has 1 heterocycles. The summed E-state index contributed by atoms with van der Waals surface area (Å²) in [5.74, 6) is 1.14. The molecule has 1 saturated heterocycles. The van der Waals surface area contributed by atoms with E-state index in [4.69, 9.17) is 4.74 Å². The molecule has 1 aliphatic carbocycles. The molecular formula is C20H28N2O3. The molecule has 1 aliphatic heterocycles. The summed E-state index contributed by atoms with van der Waals surface area (Å²) in [7, 11) is 0. The van der Waals surface area contributed by atoms with Gasteiger partial charge in [0.25, 0.3) is 0 Å². The van der Waals surface area contributed by atoms with E-state index in [1.807, 2.05) is 30.3 Å². The van der Waals surface area contributed by atoms with Gasteiger partial charge >= 0.3 is 6.09 Å². The molecule has 1 saturated carbocycles. The van der Waals surface area contributed by atoms with Gasteiger partial charge in [-0.15, -0.1) is 0 Å². The number of hydrogen-bond donors (Lipinski definition) is 0. The molecule has 0 aromatic heterocycles. The van der Waals surface area contributed by atoms with Crippen molar-refractivity contribution in [3.05, 3.63) is 40.8 Å². The first-order valence-electron chi connectivity index (χ1n) is 9.43. The Kier molecular flexibility index (Phi) is 5.71. The molecule has 0 bridgehead atoms. The summed E-state index contributed by atoms with van der Waals surface area (Å²) >= 11 is 0. The van der Waals surface area contributed by atoms with Crippen LogP contribution in [0.25, 0.3) is 0 Å². The van der Waals surface area contributed by atoms with Gasteiger partial charge in [-0.1, -0.05) is 55.3 Å². The van der Waals surface area contributed by atoms with Gasteiger partial charge in [-0.3, -0.25) is 0 Å². The summed E-state index contributed by atoms with van der Waals surface area (Å²) in [5.41, 5.74) is 0.504. The average molecular weight is 344 g/mol. The van der Waals surface area contributed by atoms with Crippen LogP contribution in [0.4, 0.5) is 4.79 Å². The number of benzene rings is 1. The Balaban J connectivity index is 1.51. The zero-order valence-corrected chi connectivity index (χ0v) is 15.0. The molecule has 1 aromatic carbocycles. The number of likely N-dealkylation sites (tertiary alicyclic amines) is 1. The normalized spacial score (nSPS) is 26.0. The molecule has 1 aromatic rings. The number of nitroso groups, excluding NO2 is 1. The van der Waals surface area contributed by atoms with Gasteiger partial charge in [0.15, 0.2) is 0 Å². The fraction of sp³-hybridized carbons (Fsp3) is 0.650. The number of carbonyl (C=O) groups is 1. The van der Waals surface area contributed by atoms with Crippen LogP contribution in [0.1, 0.15) is 51.0 Å². The van der Waals surface area contributed by atoms with Crippen molar-refractivity contribution >= 4 is 6.09 Å². The second-order valence-electron chi connectivity index (χ2n) is 7.68. The van der Waals surface area contributed by atoms with Gasteiger partial charge in [-0.25, -0.2) is 4.79 Å². The maximum Gasteiger partial charge on any atom is 0.410 e. The Morgan fingerprint density at radius 3 is 2.40 bits per heavy atom. The summed E-state index contributed by atoms with van der Waals surface area (Å²) in [5, 5.41) is 3.59. The molecule has 0 spiro atoms. The molecule has 0 radical (unpaired) electrons. The number of amides is 1. The monoisotopic (exact) mass is 344 g/mol. The Morgan fingerprint density at radius 2 is 1.80 bits per heavy atom. The van der Waals surface area contributed by atoms with Gasteiger partial charge in [0.05, 0.1) is 0 Å². The maximum atomic E-state index is 12.3. The standard InChI is InChI=1S/C20H28N2O3/c1-16-7-9-18(10-8-16)20(21-24)11-13-22(14-12-20)19(23)25-15-17-5-3-2-4-6-17/h2-6,16,18H,7-15H2,1H3. The van der Waals surface area contributed by atoms with Gasteiger partial charge in [0.1, 0.15) is 12.1 Å². The third-order valence-corrected chi connectivity index (χ3v) is 6.05. The molecular weight excluding hydrogens is 316 g/mol. The molecule has 0 N–H and O–H groups in total. The number of hydrogen-bond acceptors (Lipinski definition) is 4. The van der Waals surface area contributed by atoms with E-state index in [0.29, 0.717) is 31.8 Å². The Morgan fingerprint density at radius 1 is 1.16 bits per heavy atom. The zero-order valence-electron chi connectivity index (χ0n) is 15.0. The van der Waals surface area contributed by atoms with Crippen LogP contribution >= 0.6 is 0 Å². The highest BCUT2D eigenvalue weighted by Crippen LogP contribution is 2.43. The van der Waals surface area contributed by atoms with Crippen molar-refractivity contribution in [2.45, 2.75) is 57.6 Å². The minimum Gasteiger partial charge on any atom is -0.445 e. The quantitative estimate of drug-likeness (QED) is 0.741. The van der Waals surface area contributed by atoms with Crippen LogP contribution in [0.3, 0.4) is 0 Å². The Bertz CT molecular complexity index is 574. The van der Waals surface area contributed by atoms with E-state index in [2.05, 4.69) is 12.1 Å². The topological polar surface area (TPSA) is 59.0 Å². The summed E-state index contributed by atoms with van der Waals surface area (Å²) in [6, 6.07) is 9.68. The highest BCUT2D eigenvalue weighted by molar-refractivity contribution is 5.67. The molecule has 5 nitrogen and oxygen atoms in total. The summed E-state index contributed by atoms with van der Waals surface area (Å²) in [4.78, 5) is 25.7. The predicted molar refractivity (Wildman–Crippen MR) is 97.1 cm³/mol. The highest BCUT2D eigenvalue weighted by atomic mass is 16.6. The number of nitrogens with zero attached hydrogens (tertiary/aromatic N) is 2. The van der Waals surface area contributed by atoms with Gasteiger partial charge in [-0.2, -0.15) is 4.91 Å². The molecule has 0 unspecified atom stereocenters. The van der Waals surface area contributed by atoms with E-state index in [-0.39, 0.29) is 12.7 Å². The number of piperidine rings is 1. The molecule has 5 heteroatoms. The zero-order chi connectivity index (χ0) is 17.7. The molecule has 3 rings (SSSR count). The van der Waals surface area contributed by atoms with E-state index in [9.17, 15) is 9.70 Å². The smallest absolute Gasteiger partial charge is 0.410 e. The second-order valence-corrected chi connectivity index (χ2v) is 7.68. The van der Waals surface area contributed by atoms with Crippen molar-refractivity contribution in [3.63, 3.8) is 0 Å². The van der Waals surface area contributed by atoms with Gasteiger partial charge in [0.2, 0.25) is 0 Å². The largest absolute Gasteiger partial charge is 0.445 e. The van der Waals surface area contributed by atoms with E-state index >= 15 is 0 Å². The lowest BCUT2D eigenvalue weighted by molar-refractivity contribution is 0.0596. The predicted octanol–water partition coefficient (Wildman–Crippen LogP) is 4.75. The Labute approximate surface area is 149 Å². The molecule has 0 atom stereocenters. The van der Waals surface area contributed by atoms with Crippen LogP contribution in [0.5, 0.6) is 0 Å². The lowest BCUT2D eigenvalue weighted by Gasteiger charge is -2.43. The van der Waals surface area contributed by atoms with Crippen molar-refractivity contribution < 1.29 is 9.53 Å². The van der Waals surface area contributed by atoms with Crippen LogP contribution < -0.4 is 0 Å². The van der Waals surface area contributed by atoms with Crippen LogP contribution in [0.2, 0.25) is 0 Å². The van der Waals surface area contributed by atoms with Crippen molar-refractivity contribution in [2.24, 2.45) is 17.0 Å². The molecule has 1 amide bonds. The number of carbonyl (C=O) groups excluding carboxylic acids is 1. The average Bonchev–Trinajstić information content (AvgIpc) is 2.67. The van der Waals surface area contributed by atoms with E-state index in [1.54, 1.807) is 4.90 Å². The van der Waals surface area contributed by atoms with Crippen LogP contribution in [-0.4, -0.2) is 29.6 Å². The third kappa shape index (κ3) is 4.20. The second kappa shape index (κ2) is 7.98. The minimum absolute atomic E-state index is 0.285. The first-order chi connectivity index (χ1) is 12.1. The molecule has 2 fully saturated rings. The summed E-state index contributed by atoms with van der Waals surface area (Å²) in [6.07, 6.45) is 5.58. The first-order valence-corrected chi connectivity index (χ1v) is 9.43. The lowest BCUT2D eigenvalue weighted by atomic mass is 9.68. The van der Waals surface area contributed by atoms with Gasteiger partial charge < -0.3 is 9.64 Å². The van der Waals surface area contributed by atoms with Crippen molar-refractivity contribution in [3.8, 4) is 0 Å². The van der Waals surface area contributed by atoms with Crippen LogP contribution in [0.15, 0.2) is 35.5 Å².